The van der Waals surface area contributed by atoms with Crippen LogP contribution in [0.2, 0.25) is 5.02 Å². The first-order chi connectivity index (χ1) is 15.4. The number of rotatable bonds is 11. The largest absolute Gasteiger partial charge is 0.474 e. The second-order valence-corrected chi connectivity index (χ2v) is 9.96. The number of hydrogen-bond donors (Lipinski definition) is 1. The molecule has 0 spiro atoms. The SMILES string of the molecule is O=CN(O)C(CCCc1ncccn1)CS(=O)(=O)N1CCC(Oc2ccc(Cl)cn2)CC1. The average molecular weight is 484 g/mol. The zero-order valence-corrected chi connectivity index (χ0v) is 19.0. The fourth-order valence-electron chi connectivity index (χ4n) is 3.51. The van der Waals surface area contributed by atoms with Crippen LogP contribution in [0.1, 0.15) is 31.5 Å². The summed E-state index contributed by atoms with van der Waals surface area (Å²) in [6.07, 6.45) is 7.20. The van der Waals surface area contributed by atoms with Gasteiger partial charge in [-0.3, -0.25) is 10.0 Å². The van der Waals surface area contributed by atoms with Crippen molar-refractivity contribution in [3.05, 3.63) is 47.6 Å². The molecule has 0 radical (unpaired) electrons. The molecule has 1 aliphatic rings. The molecular weight excluding hydrogens is 458 g/mol. The van der Waals surface area contributed by atoms with Crippen LogP contribution in [-0.4, -0.2) is 75.3 Å². The molecule has 1 N–H and O–H groups in total. The van der Waals surface area contributed by atoms with Crippen LogP contribution in [0.5, 0.6) is 5.88 Å². The van der Waals surface area contributed by atoms with Crippen LogP contribution < -0.4 is 4.74 Å². The number of halogens is 1. The van der Waals surface area contributed by atoms with Gasteiger partial charge < -0.3 is 4.74 Å². The van der Waals surface area contributed by atoms with E-state index < -0.39 is 16.1 Å². The van der Waals surface area contributed by atoms with Gasteiger partial charge in [0.15, 0.2) is 0 Å². The Morgan fingerprint density at radius 2 is 1.97 bits per heavy atom. The molecule has 0 saturated carbocycles. The summed E-state index contributed by atoms with van der Waals surface area (Å²) in [7, 11) is -3.68. The molecule has 0 aromatic carbocycles. The minimum absolute atomic E-state index is 0.152. The van der Waals surface area contributed by atoms with Gasteiger partial charge in [-0.15, -0.1) is 0 Å². The van der Waals surface area contributed by atoms with E-state index in [4.69, 9.17) is 16.3 Å². The molecule has 1 unspecified atom stereocenters. The number of carbonyl (C=O) groups is 1. The summed E-state index contributed by atoms with van der Waals surface area (Å²) in [4.78, 5) is 23.4. The van der Waals surface area contributed by atoms with Crippen molar-refractivity contribution in [2.45, 2.75) is 44.2 Å². The average Bonchev–Trinajstić information content (AvgIpc) is 2.80. The van der Waals surface area contributed by atoms with Crippen LogP contribution in [0.15, 0.2) is 36.8 Å². The molecule has 3 heterocycles. The summed E-state index contributed by atoms with van der Waals surface area (Å²) in [5, 5.41) is 10.9. The van der Waals surface area contributed by atoms with Crippen molar-refractivity contribution < 1.29 is 23.2 Å². The van der Waals surface area contributed by atoms with Crippen LogP contribution in [0.3, 0.4) is 0 Å². The van der Waals surface area contributed by atoms with E-state index in [0.717, 1.165) is 0 Å². The summed E-state index contributed by atoms with van der Waals surface area (Å²) in [5.74, 6) is 0.712. The van der Waals surface area contributed by atoms with E-state index in [0.29, 0.717) is 53.9 Å². The van der Waals surface area contributed by atoms with Crippen LogP contribution in [0.4, 0.5) is 0 Å². The second-order valence-electron chi connectivity index (χ2n) is 7.51. The molecule has 32 heavy (non-hydrogen) atoms. The van der Waals surface area contributed by atoms with Gasteiger partial charge in [-0.1, -0.05) is 11.6 Å². The highest BCUT2D eigenvalue weighted by Crippen LogP contribution is 2.21. The van der Waals surface area contributed by atoms with Gasteiger partial charge in [0.1, 0.15) is 11.9 Å². The molecule has 1 atom stereocenters. The fraction of sp³-hybridized carbons (Fsp3) is 0.500. The smallest absolute Gasteiger partial charge is 0.233 e. The fourth-order valence-corrected chi connectivity index (χ4v) is 5.41. The predicted molar refractivity (Wildman–Crippen MR) is 117 cm³/mol. The Morgan fingerprint density at radius 1 is 1.25 bits per heavy atom. The topological polar surface area (TPSA) is 126 Å². The number of amides is 1. The summed E-state index contributed by atoms with van der Waals surface area (Å²) in [5.41, 5.74) is 0. The minimum Gasteiger partial charge on any atom is -0.474 e. The lowest BCUT2D eigenvalue weighted by Gasteiger charge is -2.32. The lowest BCUT2D eigenvalue weighted by molar-refractivity contribution is -0.158. The van der Waals surface area contributed by atoms with Crippen LogP contribution in [-0.2, 0) is 21.2 Å². The van der Waals surface area contributed by atoms with Gasteiger partial charge in [-0.2, -0.15) is 0 Å². The summed E-state index contributed by atoms with van der Waals surface area (Å²) in [6.45, 7) is 0.579. The Hall–Kier alpha value is -2.34. The molecule has 1 fully saturated rings. The van der Waals surface area contributed by atoms with Gasteiger partial charge in [0.05, 0.1) is 16.8 Å². The summed E-state index contributed by atoms with van der Waals surface area (Å²) < 4.78 is 33.1. The number of aryl methyl sites for hydroxylation is 1. The molecule has 2 aromatic heterocycles. The van der Waals surface area contributed by atoms with Crippen molar-refractivity contribution in [1.29, 1.82) is 0 Å². The van der Waals surface area contributed by atoms with E-state index in [1.807, 2.05) is 0 Å². The highest BCUT2D eigenvalue weighted by molar-refractivity contribution is 7.89. The number of ether oxygens (including phenoxy) is 1. The van der Waals surface area contributed by atoms with E-state index in [1.54, 1.807) is 30.6 Å². The molecule has 10 nitrogen and oxygen atoms in total. The van der Waals surface area contributed by atoms with Crippen LogP contribution in [0, 0.1) is 0 Å². The Labute approximate surface area is 192 Å². The third-order valence-electron chi connectivity index (χ3n) is 5.22. The Morgan fingerprint density at radius 3 is 2.59 bits per heavy atom. The lowest BCUT2D eigenvalue weighted by Crippen LogP contribution is -2.47. The van der Waals surface area contributed by atoms with Gasteiger partial charge in [-0.25, -0.2) is 32.7 Å². The Balaban J connectivity index is 1.51. The molecule has 12 heteroatoms. The quantitative estimate of drug-likeness (QED) is 0.292. The maximum Gasteiger partial charge on any atom is 0.233 e. The first kappa shape index (κ1) is 24.3. The molecule has 1 saturated heterocycles. The maximum absolute atomic E-state index is 12.9. The lowest BCUT2D eigenvalue weighted by atomic mass is 10.1. The number of sulfonamides is 1. The summed E-state index contributed by atoms with van der Waals surface area (Å²) in [6, 6.07) is 4.21. The van der Waals surface area contributed by atoms with E-state index in [-0.39, 0.29) is 31.4 Å². The van der Waals surface area contributed by atoms with Gasteiger partial charge in [0.2, 0.25) is 22.3 Å². The minimum atomic E-state index is -3.68. The van der Waals surface area contributed by atoms with Gasteiger partial charge in [0, 0.05) is 44.2 Å². The number of pyridine rings is 1. The summed E-state index contributed by atoms with van der Waals surface area (Å²) >= 11 is 5.82. The third-order valence-corrected chi connectivity index (χ3v) is 7.41. The van der Waals surface area contributed by atoms with Gasteiger partial charge >= 0.3 is 0 Å². The van der Waals surface area contributed by atoms with Gasteiger partial charge in [-0.05, 0) is 37.8 Å². The first-order valence-corrected chi connectivity index (χ1v) is 12.3. The van der Waals surface area contributed by atoms with Crippen molar-refractivity contribution >= 4 is 28.0 Å². The third kappa shape index (κ3) is 7.09. The second kappa shape index (κ2) is 11.5. The van der Waals surface area contributed by atoms with Crippen LogP contribution >= 0.6 is 11.6 Å². The molecular formula is C20H26ClN5O5S. The standard InChI is InChI=1S/C20H26ClN5O5S/c21-16-5-6-20(24-13-16)31-18-7-11-25(12-8-18)32(29,30)14-17(26(28)15-27)3-1-4-19-22-9-2-10-23-19/h2,5-6,9-10,13,15,17-18,28H,1,3-4,7-8,11-12,14H2. The molecule has 1 aliphatic heterocycles. The van der Waals surface area contributed by atoms with Crippen LogP contribution in [0.25, 0.3) is 0 Å². The van der Waals surface area contributed by atoms with E-state index >= 15 is 0 Å². The highest BCUT2D eigenvalue weighted by Gasteiger charge is 2.32. The zero-order valence-electron chi connectivity index (χ0n) is 17.5. The van der Waals surface area contributed by atoms with E-state index in [2.05, 4.69) is 15.0 Å². The van der Waals surface area contributed by atoms with Crippen molar-refractivity contribution in [3.63, 3.8) is 0 Å². The number of hydroxylamine groups is 2. The highest BCUT2D eigenvalue weighted by atomic mass is 35.5. The molecule has 3 rings (SSSR count). The van der Waals surface area contributed by atoms with Crippen molar-refractivity contribution in [3.8, 4) is 5.88 Å². The predicted octanol–water partition coefficient (Wildman–Crippen LogP) is 1.94. The van der Waals surface area contributed by atoms with Crippen molar-refractivity contribution in [2.75, 3.05) is 18.8 Å². The molecule has 0 bridgehead atoms. The van der Waals surface area contributed by atoms with Crippen molar-refractivity contribution in [2.24, 2.45) is 0 Å². The number of hydrogen-bond acceptors (Lipinski definition) is 8. The zero-order chi connectivity index (χ0) is 23.0. The number of aromatic nitrogens is 3. The number of nitrogens with zero attached hydrogens (tertiary/aromatic N) is 5. The van der Waals surface area contributed by atoms with E-state index in [1.165, 1.54) is 10.5 Å². The maximum atomic E-state index is 12.9. The monoisotopic (exact) mass is 483 g/mol. The molecule has 174 valence electrons. The van der Waals surface area contributed by atoms with Crippen molar-refractivity contribution in [1.82, 2.24) is 24.3 Å². The molecule has 2 aromatic rings. The van der Waals surface area contributed by atoms with Gasteiger partial charge in [0.25, 0.3) is 0 Å². The Bertz CT molecular complexity index is 956. The first-order valence-electron chi connectivity index (χ1n) is 10.3. The van der Waals surface area contributed by atoms with E-state index in [9.17, 15) is 18.4 Å². The molecule has 0 aliphatic carbocycles. The Kier molecular flexibility index (Phi) is 8.74. The number of carbonyl (C=O) groups excluding carboxylic acids is 1. The number of piperidine rings is 1. The molecule has 1 amide bonds. The normalized spacial score (nSPS) is 16.4.